The molecule has 2 heterocycles. The SMILES string of the molecule is CCCCC(C)(C)N(CCC)c1ccc2c(-c3ccc(F)c(F)c3)cn(CC(C)C)c2n1. The number of hydrogen-bond acceptors (Lipinski definition) is 2. The molecule has 0 N–H and O–H groups in total. The maximum absolute atomic E-state index is 14.0. The average Bonchev–Trinajstić information content (AvgIpc) is 3.09. The molecule has 32 heavy (non-hydrogen) atoms. The number of halogens is 2. The zero-order chi connectivity index (χ0) is 23.5. The van der Waals surface area contributed by atoms with Gasteiger partial charge in [-0.2, -0.15) is 0 Å². The van der Waals surface area contributed by atoms with Gasteiger partial charge in [0.25, 0.3) is 0 Å². The molecule has 0 unspecified atom stereocenters. The second kappa shape index (κ2) is 10.0. The predicted molar refractivity (Wildman–Crippen MR) is 131 cm³/mol. The molecular formula is C27H37F2N3. The summed E-state index contributed by atoms with van der Waals surface area (Å²) in [6.45, 7) is 15.1. The van der Waals surface area contributed by atoms with Crippen molar-refractivity contribution in [2.24, 2.45) is 5.92 Å². The van der Waals surface area contributed by atoms with Gasteiger partial charge in [0.2, 0.25) is 0 Å². The van der Waals surface area contributed by atoms with Gasteiger partial charge in [-0.05, 0) is 62.4 Å². The molecule has 0 saturated carbocycles. The molecule has 0 aliphatic rings. The van der Waals surface area contributed by atoms with Crippen LogP contribution >= 0.6 is 0 Å². The Balaban J connectivity index is 2.14. The number of benzene rings is 1. The molecule has 0 aliphatic heterocycles. The van der Waals surface area contributed by atoms with Crippen LogP contribution < -0.4 is 4.90 Å². The van der Waals surface area contributed by atoms with Crippen LogP contribution in [-0.2, 0) is 6.54 Å². The molecule has 0 radical (unpaired) electrons. The van der Waals surface area contributed by atoms with Gasteiger partial charge in [0, 0.05) is 35.8 Å². The summed E-state index contributed by atoms with van der Waals surface area (Å²) in [4.78, 5) is 7.55. The van der Waals surface area contributed by atoms with Crippen molar-refractivity contribution < 1.29 is 8.78 Å². The van der Waals surface area contributed by atoms with Crippen LogP contribution in [0.1, 0.15) is 67.2 Å². The van der Waals surface area contributed by atoms with Gasteiger partial charge >= 0.3 is 0 Å². The quantitative estimate of drug-likeness (QED) is 0.320. The highest BCUT2D eigenvalue weighted by molar-refractivity contribution is 5.95. The molecule has 0 amide bonds. The summed E-state index contributed by atoms with van der Waals surface area (Å²) in [5.74, 6) is -0.254. The molecule has 2 aromatic heterocycles. The lowest BCUT2D eigenvalue weighted by molar-refractivity contribution is 0.408. The number of pyridine rings is 1. The Bertz CT molecular complexity index is 1050. The standard InChI is InChI=1S/C27H37F2N3/c1-7-9-14-27(5,6)32(15-8-2)25-13-11-21-22(20-10-12-23(28)24(29)16-20)18-31(17-19(3)4)26(21)30-25/h10-13,16,18-19H,7-9,14-15,17H2,1-6H3. The fraction of sp³-hybridized carbons (Fsp3) is 0.519. The molecule has 0 saturated heterocycles. The van der Waals surface area contributed by atoms with Crippen LogP contribution in [0.25, 0.3) is 22.2 Å². The second-order valence-electron chi connectivity index (χ2n) is 9.83. The van der Waals surface area contributed by atoms with Crippen molar-refractivity contribution >= 4 is 16.9 Å². The van der Waals surface area contributed by atoms with E-state index in [0.717, 1.165) is 48.3 Å². The van der Waals surface area contributed by atoms with E-state index in [1.54, 1.807) is 6.07 Å². The predicted octanol–water partition coefficient (Wildman–Crippen LogP) is 7.82. The van der Waals surface area contributed by atoms with Crippen LogP contribution in [0.2, 0.25) is 0 Å². The van der Waals surface area contributed by atoms with Gasteiger partial charge in [0.1, 0.15) is 11.5 Å². The Morgan fingerprint density at radius 1 is 1.03 bits per heavy atom. The van der Waals surface area contributed by atoms with E-state index >= 15 is 0 Å². The van der Waals surface area contributed by atoms with Gasteiger partial charge < -0.3 is 9.47 Å². The summed E-state index contributed by atoms with van der Waals surface area (Å²) in [5.41, 5.74) is 2.44. The topological polar surface area (TPSA) is 21.1 Å². The lowest BCUT2D eigenvalue weighted by Crippen LogP contribution is -2.45. The van der Waals surface area contributed by atoms with E-state index in [-0.39, 0.29) is 5.54 Å². The molecule has 0 atom stereocenters. The van der Waals surface area contributed by atoms with E-state index in [1.807, 2.05) is 6.20 Å². The Morgan fingerprint density at radius 2 is 1.78 bits per heavy atom. The Morgan fingerprint density at radius 3 is 2.41 bits per heavy atom. The molecule has 0 aliphatic carbocycles. The third kappa shape index (κ3) is 5.13. The van der Waals surface area contributed by atoms with E-state index in [4.69, 9.17) is 4.98 Å². The van der Waals surface area contributed by atoms with E-state index in [0.29, 0.717) is 11.5 Å². The van der Waals surface area contributed by atoms with E-state index < -0.39 is 11.6 Å². The maximum Gasteiger partial charge on any atom is 0.159 e. The molecule has 174 valence electrons. The number of aromatic nitrogens is 2. The summed E-state index contributed by atoms with van der Waals surface area (Å²) in [7, 11) is 0. The minimum atomic E-state index is -0.830. The number of unbranched alkanes of at least 4 members (excludes halogenated alkanes) is 1. The third-order valence-electron chi connectivity index (χ3n) is 6.10. The zero-order valence-electron chi connectivity index (χ0n) is 20.4. The molecule has 5 heteroatoms. The van der Waals surface area contributed by atoms with Crippen LogP contribution in [-0.4, -0.2) is 21.6 Å². The highest BCUT2D eigenvalue weighted by Crippen LogP contribution is 2.34. The number of nitrogens with zero attached hydrogens (tertiary/aromatic N) is 3. The van der Waals surface area contributed by atoms with Crippen molar-refractivity contribution in [3.63, 3.8) is 0 Å². The van der Waals surface area contributed by atoms with Crippen molar-refractivity contribution in [1.29, 1.82) is 0 Å². The van der Waals surface area contributed by atoms with Gasteiger partial charge in [0.05, 0.1) is 0 Å². The van der Waals surface area contributed by atoms with E-state index in [1.165, 1.54) is 25.0 Å². The molecular weight excluding hydrogens is 404 g/mol. The van der Waals surface area contributed by atoms with Gasteiger partial charge in [-0.3, -0.25) is 0 Å². The lowest BCUT2D eigenvalue weighted by atomic mass is 9.94. The molecule has 0 spiro atoms. The first-order chi connectivity index (χ1) is 15.2. The largest absolute Gasteiger partial charge is 0.351 e. The van der Waals surface area contributed by atoms with Crippen LogP contribution in [0, 0.1) is 17.6 Å². The summed E-state index contributed by atoms with van der Waals surface area (Å²) < 4.78 is 29.6. The molecule has 0 bridgehead atoms. The van der Waals surface area contributed by atoms with Crippen molar-refractivity contribution in [1.82, 2.24) is 9.55 Å². The number of hydrogen-bond donors (Lipinski definition) is 0. The number of rotatable bonds is 10. The second-order valence-corrected chi connectivity index (χ2v) is 9.83. The summed E-state index contributed by atoms with van der Waals surface area (Å²) in [6, 6.07) is 8.27. The lowest BCUT2D eigenvalue weighted by Gasteiger charge is -2.40. The smallest absolute Gasteiger partial charge is 0.159 e. The molecule has 3 rings (SSSR count). The molecule has 0 fully saturated rings. The fourth-order valence-corrected chi connectivity index (χ4v) is 4.43. The van der Waals surface area contributed by atoms with E-state index in [2.05, 4.69) is 63.1 Å². The van der Waals surface area contributed by atoms with Crippen molar-refractivity contribution in [2.75, 3.05) is 11.4 Å². The average molecular weight is 442 g/mol. The number of anilines is 1. The van der Waals surface area contributed by atoms with Crippen molar-refractivity contribution in [3.05, 3.63) is 48.2 Å². The highest BCUT2D eigenvalue weighted by atomic mass is 19.2. The minimum absolute atomic E-state index is 0.00504. The van der Waals surface area contributed by atoms with Gasteiger partial charge in [-0.1, -0.05) is 46.6 Å². The first-order valence-corrected chi connectivity index (χ1v) is 11.9. The van der Waals surface area contributed by atoms with Crippen LogP contribution in [0.5, 0.6) is 0 Å². The van der Waals surface area contributed by atoms with Crippen LogP contribution in [0.3, 0.4) is 0 Å². The normalized spacial score (nSPS) is 12.2. The van der Waals surface area contributed by atoms with Crippen molar-refractivity contribution in [3.8, 4) is 11.1 Å². The first-order valence-electron chi connectivity index (χ1n) is 11.9. The Kier molecular flexibility index (Phi) is 7.58. The maximum atomic E-state index is 14.0. The fourth-order valence-electron chi connectivity index (χ4n) is 4.43. The summed E-state index contributed by atoms with van der Waals surface area (Å²) in [5, 5.41) is 0.961. The zero-order valence-corrected chi connectivity index (χ0v) is 20.4. The van der Waals surface area contributed by atoms with Gasteiger partial charge in [0.15, 0.2) is 11.6 Å². The van der Waals surface area contributed by atoms with Crippen LogP contribution in [0.4, 0.5) is 14.6 Å². The Labute approximate surface area is 191 Å². The van der Waals surface area contributed by atoms with Crippen molar-refractivity contribution in [2.45, 2.75) is 79.3 Å². The van der Waals surface area contributed by atoms with E-state index in [9.17, 15) is 8.78 Å². The summed E-state index contributed by atoms with van der Waals surface area (Å²) in [6.07, 6.45) is 6.53. The van der Waals surface area contributed by atoms with Crippen LogP contribution in [0.15, 0.2) is 36.5 Å². The van der Waals surface area contributed by atoms with Gasteiger partial charge in [-0.25, -0.2) is 13.8 Å². The molecule has 3 nitrogen and oxygen atoms in total. The third-order valence-corrected chi connectivity index (χ3v) is 6.10. The monoisotopic (exact) mass is 441 g/mol. The molecule has 1 aromatic carbocycles. The highest BCUT2D eigenvalue weighted by Gasteiger charge is 2.27. The molecule has 3 aromatic rings. The number of fused-ring (bicyclic) bond motifs is 1. The minimum Gasteiger partial charge on any atom is -0.351 e. The Hall–Kier alpha value is -2.43. The van der Waals surface area contributed by atoms with Gasteiger partial charge in [-0.15, -0.1) is 0 Å². The summed E-state index contributed by atoms with van der Waals surface area (Å²) >= 11 is 0. The first kappa shape index (κ1) is 24.2.